The maximum absolute atomic E-state index is 8.26. The molecule has 0 aromatic carbocycles. The van der Waals surface area contributed by atoms with E-state index >= 15 is 0 Å². The molecule has 0 heterocycles. The summed E-state index contributed by atoms with van der Waals surface area (Å²) in [6, 6.07) is 0.629. The third-order valence-electron chi connectivity index (χ3n) is 2.50. The van der Waals surface area contributed by atoms with Gasteiger partial charge in [-0.1, -0.05) is 6.42 Å². The van der Waals surface area contributed by atoms with Crippen LogP contribution in [0.5, 0.6) is 0 Å². The van der Waals surface area contributed by atoms with Gasteiger partial charge in [-0.05, 0) is 32.2 Å². The Hall–Kier alpha value is -0.120. The zero-order valence-corrected chi connectivity index (χ0v) is 7.05. The van der Waals surface area contributed by atoms with Crippen LogP contribution in [0.1, 0.15) is 25.7 Å². The SMILES string of the molecule is CNC1CCCC(COO)C1. The summed E-state index contributed by atoms with van der Waals surface area (Å²) in [7, 11) is 1.99. The highest BCUT2D eigenvalue weighted by Crippen LogP contribution is 2.23. The lowest BCUT2D eigenvalue weighted by Gasteiger charge is -2.27. The lowest BCUT2D eigenvalue weighted by molar-refractivity contribution is -0.252. The molecule has 1 saturated carbocycles. The molecule has 0 aromatic heterocycles. The minimum absolute atomic E-state index is 0.498. The van der Waals surface area contributed by atoms with E-state index in [4.69, 9.17) is 5.26 Å². The van der Waals surface area contributed by atoms with Crippen molar-refractivity contribution in [3.8, 4) is 0 Å². The zero-order chi connectivity index (χ0) is 8.10. The van der Waals surface area contributed by atoms with Crippen LogP contribution >= 0.6 is 0 Å². The fraction of sp³-hybridized carbons (Fsp3) is 1.00. The molecule has 0 bridgehead atoms. The summed E-state index contributed by atoms with van der Waals surface area (Å²) in [5, 5.41) is 11.5. The highest BCUT2D eigenvalue weighted by Gasteiger charge is 2.20. The van der Waals surface area contributed by atoms with Crippen LogP contribution in [0.4, 0.5) is 0 Å². The molecular weight excluding hydrogens is 142 g/mol. The molecule has 0 amide bonds. The summed E-state index contributed by atoms with van der Waals surface area (Å²) >= 11 is 0. The normalized spacial score (nSPS) is 32.2. The van der Waals surface area contributed by atoms with Crippen LogP contribution in [0.3, 0.4) is 0 Å². The molecule has 1 rings (SSSR count). The van der Waals surface area contributed by atoms with E-state index in [2.05, 4.69) is 10.2 Å². The molecule has 66 valence electrons. The third kappa shape index (κ3) is 2.77. The van der Waals surface area contributed by atoms with Gasteiger partial charge in [0.15, 0.2) is 0 Å². The second kappa shape index (κ2) is 4.70. The zero-order valence-electron chi connectivity index (χ0n) is 7.05. The quantitative estimate of drug-likeness (QED) is 0.481. The van der Waals surface area contributed by atoms with Crippen molar-refractivity contribution < 1.29 is 10.1 Å². The minimum atomic E-state index is 0.498. The second-order valence-electron chi connectivity index (χ2n) is 3.31. The summed E-state index contributed by atoms with van der Waals surface area (Å²) in [5.41, 5.74) is 0. The van der Waals surface area contributed by atoms with Crippen LogP contribution in [-0.2, 0) is 4.89 Å². The summed E-state index contributed by atoms with van der Waals surface area (Å²) < 4.78 is 0. The van der Waals surface area contributed by atoms with E-state index in [9.17, 15) is 0 Å². The Kier molecular flexibility index (Phi) is 3.83. The van der Waals surface area contributed by atoms with Gasteiger partial charge in [0.1, 0.15) is 0 Å². The van der Waals surface area contributed by atoms with Crippen molar-refractivity contribution in [1.82, 2.24) is 5.32 Å². The molecule has 2 unspecified atom stereocenters. The topological polar surface area (TPSA) is 41.5 Å². The van der Waals surface area contributed by atoms with Gasteiger partial charge in [0.25, 0.3) is 0 Å². The Bertz CT molecular complexity index is 106. The van der Waals surface area contributed by atoms with Gasteiger partial charge in [-0.3, -0.25) is 5.26 Å². The van der Waals surface area contributed by atoms with Crippen molar-refractivity contribution in [2.45, 2.75) is 31.7 Å². The molecule has 0 aromatic rings. The number of nitrogens with one attached hydrogen (secondary N) is 1. The van der Waals surface area contributed by atoms with Gasteiger partial charge >= 0.3 is 0 Å². The first-order valence-electron chi connectivity index (χ1n) is 4.30. The van der Waals surface area contributed by atoms with Gasteiger partial charge in [-0.15, -0.1) is 0 Å². The number of rotatable bonds is 3. The van der Waals surface area contributed by atoms with E-state index in [-0.39, 0.29) is 0 Å². The molecule has 0 radical (unpaired) electrons. The summed E-state index contributed by atoms with van der Waals surface area (Å²) in [5.74, 6) is 0.547. The van der Waals surface area contributed by atoms with Gasteiger partial charge in [-0.25, -0.2) is 4.89 Å². The predicted molar refractivity (Wildman–Crippen MR) is 43.4 cm³/mol. The Balaban J connectivity index is 2.21. The van der Waals surface area contributed by atoms with Gasteiger partial charge in [0.2, 0.25) is 0 Å². The molecular formula is C8H17NO2. The molecule has 11 heavy (non-hydrogen) atoms. The molecule has 0 spiro atoms. The van der Waals surface area contributed by atoms with E-state index in [1.165, 1.54) is 19.3 Å². The summed E-state index contributed by atoms with van der Waals surface area (Å²) in [6.07, 6.45) is 4.84. The Morgan fingerprint density at radius 1 is 1.55 bits per heavy atom. The molecule has 0 saturated heterocycles. The minimum Gasteiger partial charge on any atom is -0.317 e. The average Bonchev–Trinajstić information content (AvgIpc) is 2.06. The van der Waals surface area contributed by atoms with Crippen molar-refractivity contribution in [3.05, 3.63) is 0 Å². The first-order chi connectivity index (χ1) is 5.36. The van der Waals surface area contributed by atoms with E-state index in [1.807, 2.05) is 7.05 Å². The van der Waals surface area contributed by atoms with Gasteiger partial charge < -0.3 is 5.32 Å². The average molecular weight is 159 g/mol. The smallest absolute Gasteiger partial charge is 0.0848 e. The van der Waals surface area contributed by atoms with Gasteiger partial charge in [0.05, 0.1) is 6.61 Å². The van der Waals surface area contributed by atoms with Crippen LogP contribution in [0, 0.1) is 5.92 Å². The Morgan fingerprint density at radius 2 is 2.36 bits per heavy atom. The van der Waals surface area contributed by atoms with Crippen molar-refractivity contribution in [3.63, 3.8) is 0 Å². The molecule has 0 aliphatic heterocycles. The number of hydrogen-bond acceptors (Lipinski definition) is 3. The fourth-order valence-corrected chi connectivity index (χ4v) is 1.81. The first kappa shape index (κ1) is 8.97. The first-order valence-corrected chi connectivity index (χ1v) is 4.30. The molecule has 1 aliphatic rings. The molecule has 2 N–H and O–H groups in total. The second-order valence-corrected chi connectivity index (χ2v) is 3.31. The standard InChI is InChI=1S/C8H17NO2/c1-9-8-4-2-3-7(5-8)6-11-10/h7-10H,2-6H2,1H3. The van der Waals surface area contributed by atoms with Crippen molar-refractivity contribution in [2.75, 3.05) is 13.7 Å². The molecule has 3 nitrogen and oxygen atoms in total. The lowest BCUT2D eigenvalue weighted by Crippen LogP contribution is -2.32. The van der Waals surface area contributed by atoms with Gasteiger partial charge in [-0.2, -0.15) is 0 Å². The monoisotopic (exact) mass is 159 g/mol. The van der Waals surface area contributed by atoms with Crippen LogP contribution < -0.4 is 5.32 Å². The highest BCUT2D eigenvalue weighted by atomic mass is 17.1. The largest absolute Gasteiger partial charge is 0.317 e. The van der Waals surface area contributed by atoms with E-state index < -0.39 is 0 Å². The number of hydrogen-bond donors (Lipinski definition) is 2. The van der Waals surface area contributed by atoms with E-state index in [0.29, 0.717) is 18.6 Å². The maximum Gasteiger partial charge on any atom is 0.0848 e. The fourth-order valence-electron chi connectivity index (χ4n) is 1.81. The van der Waals surface area contributed by atoms with E-state index in [0.717, 1.165) is 6.42 Å². The predicted octanol–water partition coefficient (Wildman–Crippen LogP) is 1.25. The molecule has 3 heteroatoms. The van der Waals surface area contributed by atoms with Crippen LogP contribution in [-0.4, -0.2) is 25.0 Å². The molecule has 1 aliphatic carbocycles. The highest BCUT2D eigenvalue weighted by molar-refractivity contribution is 4.76. The van der Waals surface area contributed by atoms with Crippen LogP contribution in [0.25, 0.3) is 0 Å². The van der Waals surface area contributed by atoms with Crippen molar-refractivity contribution in [1.29, 1.82) is 0 Å². The third-order valence-corrected chi connectivity index (χ3v) is 2.50. The Morgan fingerprint density at radius 3 is 3.00 bits per heavy atom. The molecule has 2 atom stereocenters. The van der Waals surface area contributed by atoms with E-state index in [1.54, 1.807) is 0 Å². The van der Waals surface area contributed by atoms with Crippen LogP contribution in [0.15, 0.2) is 0 Å². The van der Waals surface area contributed by atoms with Crippen molar-refractivity contribution >= 4 is 0 Å². The Labute approximate surface area is 67.7 Å². The van der Waals surface area contributed by atoms with Gasteiger partial charge in [0, 0.05) is 6.04 Å². The summed E-state index contributed by atoms with van der Waals surface area (Å²) in [4.78, 5) is 4.15. The lowest BCUT2D eigenvalue weighted by atomic mass is 9.86. The van der Waals surface area contributed by atoms with Crippen LogP contribution in [0.2, 0.25) is 0 Å². The van der Waals surface area contributed by atoms with Crippen molar-refractivity contribution in [2.24, 2.45) is 5.92 Å². The molecule has 1 fully saturated rings. The summed E-state index contributed by atoms with van der Waals surface area (Å²) in [6.45, 7) is 0.498. The maximum atomic E-state index is 8.26.